The van der Waals surface area contributed by atoms with Gasteiger partial charge in [-0.1, -0.05) is 30.3 Å². The first kappa shape index (κ1) is 16.9. The van der Waals surface area contributed by atoms with Gasteiger partial charge in [0, 0.05) is 12.6 Å². The van der Waals surface area contributed by atoms with Crippen molar-refractivity contribution < 1.29 is 18.0 Å². The Hall–Kier alpha value is -2.90. The number of aromatic nitrogens is 3. The Morgan fingerprint density at radius 1 is 1.24 bits per heavy atom. The van der Waals surface area contributed by atoms with Crippen molar-refractivity contribution in [1.29, 1.82) is 0 Å². The van der Waals surface area contributed by atoms with Gasteiger partial charge in [0.1, 0.15) is 6.54 Å². The van der Waals surface area contributed by atoms with Crippen molar-refractivity contribution in [3.05, 3.63) is 47.7 Å². The number of aryl methyl sites for hydroxylation is 2. The molecule has 3 aromatic rings. The van der Waals surface area contributed by atoms with Crippen molar-refractivity contribution in [2.24, 2.45) is 7.05 Å². The largest absolute Gasteiger partial charge is 0.405 e. The van der Waals surface area contributed by atoms with E-state index in [4.69, 9.17) is 0 Å². The van der Waals surface area contributed by atoms with Crippen molar-refractivity contribution >= 4 is 16.9 Å². The molecule has 0 bridgehead atoms. The van der Waals surface area contributed by atoms with E-state index in [9.17, 15) is 18.0 Å². The SMILES string of the molecule is Cc1nn(C)c2nc(-c3ccccc3)cc(C(=O)NCC(F)(F)F)c12. The predicted molar refractivity (Wildman–Crippen MR) is 87.1 cm³/mol. The quantitative estimate of drug-likeness (QED) is 0.790. The summed E-state index contributed by atoms with van der Waals surface area (Å²) in [6, 6.07) is 10.6. The summed E-state index contributed by atoms with van der Waals surface area (Å²) in [5.41, 5.74) is 2.35. The molecule has 5 nitrogen and oxygen atoms in total. The lowest BCUT2D eigenvalue weighted by atomic mass is 10.0. The lowest BCUT2D eigenvalue weighted by Gasteiger charge is -2.11. The molecule has 0 aliphatic rings. The lowest BCUT2D eigenvalue weighted by Crippen LogP contribution is -2.33. The summed E-state index contributed by atoms with van der Waals surface area (Å²) in [5.74, 6) is -0.807. The lowest BCUT2D eigenvalue weighted by molar-refractivity contribution is -0.123. The van der Waals surface area contributed by atoms with E-state index in [1.54, 1.807) is 14.0 Å². The van der Waals surface area contributed by atoms with Crippen LogP contribution in [0, 0.1) is 6.92 Å². The van der Waals surface area contributed by atoms with Crippen molar-refractivity contribution in [2.75, 3.05) is 6.54 Å². The highest BCUT2D eigenvalue weighted by molar-refractivity contribution is 6.07. The maximum Gasteiger partial charge on any atom is 0.405 e. The maximum atomic E-state index is 12.4. The number of fused-ring (bicyclic) bond motifs is 1. The summed E-state index contributed by atoms with van der Waals surface area (Å²) in [4.78, 5) is 16.9. The van der Waals surface area contributed by atoms with Gasteiger partial charge in [0.25, 0.3) is 5.91 Å². The monoisotopic (exact) mass is 348 g/mol. The molecular formula is C17H15F3N4O. The first-order chi connectivity index (χ1) is 11.8. The zero-order chi connectivity index (χ0) is 18.2. The van der Waals surface area contributed by atoms with Crippen LogP contribution in [-0.4, -0.2) is 33.4 Å². The van der Waals surface area contributed by atoms with Gasteiger partial charge in [0.15, 0.2) is 5.65 Å². The second kappa shape index (κ2) is 6.19. The number of hydrogen-bond donors (Lipinski definition) is 1. The highest BCUT2D eigenvalue weighted by Gasteiger charge is 2.29. The summed E-state index contributed by atoms with van der Waals surface area (Å²) < 4.78 is 38.8. The number of carbonyl (C=O) groups is 1. The van der Waals surface area contributed by atoms with Crippen LogP contribution in [0.25, 0.3) is 22.3 Å². The van der Waals surface area contributed by atoms with Gasteiger partial charge in [-0.25, -0.2) is 4.98 Å². The highest BCUT2D eigenvalue weighted by Crippen LogP contribution is 2.27. The summed E-state index contributed by atoms with van der Waals surface area (Å²) in [7, 11) is 1.68. The van der Waals surface area contributed by atoms with E-state index >= 15 is 0 Å². The Kier molecular flexibility index (Phi) is 4.20. The molecule has 2 aromatic heterocycles. The van der Waals surface area contributed by atoms with Gasteiger partial charge in [0.2, 0.25) is 0 Å². The van der Waals surface area contributed by atoms with E-state index in [-0.39, 0.29) is 5.56 Å². The Bertz CT molecular complexity index is 932. The van der Waals surface area contributed by atoms with Crippen LogP contribution >= 0.6 is 0 Å². The third-order valence-electron chi connectivity index (χ3n) is 3.73. The summed E-state index contributed by atoms with van der Waals surface area (Å²) in [6.45, 7) is 0.294. The number of hydrogen-bond acceptors (Lipinski definition) is 3. The molecule has 3 rings (SSSR count). The molecule has 0 fully saturated rings. The Balaban J connectivity index is 2.13. The zero-order valence-corrected chi connectivity index (χ0v) is 13.6. The molecule has 1 amide bonds. The molecule has 2 heterocycles. The Labute approximate surface area is 141 Å². The van der Waals surface area contributed by atoms with Gasteiger partial charge in [-0.05, 0) is 13.0 Å². The first-order valence-corrected chi connectivity index (χ1v) is 7.51. The molecule has 130 valence electrons. The van der Waals surface area contributed by atoms with Crippen LogP contribution in [0.3, 0.4) is 0 Å². The van der Waals surface area contributed by atoms with Gasteiger partial charge < -0.3 is 5.32 Å². The minimum absolute atomic E-state index is 0.124. The van der Waals surface area contributed by atoms with Crippen LogP contribution in [0.15, 0.2) is 36.4 Å². The van der Waals surface area contributed by atoms with E-state index in [1.807, 2.05) is 35.6 Å². The van der Waals surface area contributed by atoms with Crippen molar-refractivity contribution in [3.63, 3.8) is 0 Å². The van der Waals surface area contributed by atoms with Gasteiger partial charge in [0.05, 0.1) is 22.3 Å². The molecule has 0 atom stereocenters. The summed E-state index contributed by atoms with van der Waals surface area (Å²) in [6.07, 6.45) is -4.48. The smallest absolute Gasteiger partial charge is 0.343 e. The van der Waals surface area contributed by atoms with E-state index in [2.05, 4.69) is 10.1 Å². The number of benzene rings is 1. The molecule has 0 radical (unpaired) electrons. The van der Waals surface area contributed by atoms with E-state index < -0.39 is 18.6 Å². The number of pyridine rings is 1. The molecule has 0 aliphatic carbocycles. The van der Waals surface area contributed by atoms with Crippen molar-refractivity contribution in [2.45, 2.75) is 13.1 Å². The first-order valence-electron chi connectivity index (χ1n) is 7.51. The molecule has 0 aliphatic heterocycles. The molecule has 0 unspecified atom stereocenters. The number of halogens is 3. The number of carbonyl (C=O) groups excluding carboxylic acids is 1. The van der Waals surface area contributed by atoms with E-state index in [0.717, 1.165) is 5.56 Å². The molecule has 0 saturated heterocycles. The third-order valence-corrected chi connectivity index (χ3v) is 3.73. The number of alkyl halides is 3. The fraction of sp³-hybridized carbons (Fsp3) is 0.235. The minimum atomic E-state index is -4.48. The Morgan fingerprint density at radius 3 is 2.56 bits per heavy atom. The van der Waals surface area contributed by atoms with Gasteiger partial charge in [-0.15, -0.1) is 0 Å². The van der Waals surface area contributed by atoms with Gasteiger partial charge in [-0.3, -0.25) is 9.48 Å². The fourth-order valence-corrected chi connectivity index (χ4v) is 2.66. The van der Waals surface area contributed by atoms with Crippen molar-refractivity contribution in [1.82, 2.24) is 20.1 Å². The summed E-state index contributed by atoms with van der Waals surface area (Å²) in [5, 5.41) is 6.59. The third kappa shape index (κ3) is 3.47. The Morgan fingerprint density at radius 2 is 1.92 bits per heavy atom. The second-order valence-corrected chi connectivity index (χ2v) is 5.63. The maximum absolute atomic E-state index is 12.4. The zero-order valence-electron chi connectivity index (χ0n) is 13.6. The predicted octanol–water partition coefficient (Wildman–Crippen LogP) is 3.24. The fourth-order valence-electron chi connectivity index (χ4n) is 2.66. The number of nitrogens with zero attached hydrogens (tertiary/aromatic N) is 3. The number of nitrogens with one attached hydrogen (secondary N) is 1. The van der Waals surface area contributed by atoms with Crippen LogP contribution < -0.4 is 5.32 Å². The van der Waals surface area contributed by atoms with E-state index in [1.165, 1.54) is 10.7 Å². The summed E-state index contributed by atoms with van der Waals surface area (Å²) >= 11 is 0. The van der Waals surface area contributed by atoms with Crippen LogP contribution in [-0.2, 0) is 7.05 Å². The molecule has 8 heteroatoms. The molecule has 0 saturated carbocycles. The molecule has 1 aromatic carbocycles. The van der Waals surface area contributed by atoms with Crippen molar-refractivity contribution in [3.8, 4) is 11.3 Å². The van der Waals surface area contributed by atoms with Gasteiger partial charge in [-0.2, -0.15) is 18.3 Å². The van der Waals surface area contributed by atoms with Crippen LogP contribution in [0.2, 0.25) is 0 Å². The normalized spacial score (nSPS) is 11.7. The second-order valence-electron chi connectivity index (χ2n) is 5.63. The van der Waals surface area contributed by atoms with Crippen LogP contribution in [0.1, 0.15) is 16.1 Å². The standard InChI is InChI=1S/C17H15F3N4O/c1-10-14-12(16(25)21-9-17(18,19)20)8-13(11-6-4-3-5-7-11)22-15(14)24(2)23-10/h3-8H,9H2,1-2H3,(H,21,25). The average molecular weight is 348 g/mol. The average Bonchev–Trinajstić information content (AvgIpc) is 2.86. The molecule has 0 spiro atoms. The molecule has 1 N–H and O–H groups in total. The molecular weight excluding hydrogens is 333 g/mol. The van der Waals surface area contributed by atoms with Gasteiger partial charge >= 0.3 is 6.18 Å². The molecule has 25 heavy (non-hydrogen) atoms. The number of rotatable bonds is 3. The topological polar surface area (TPSA) is 59.8 Å². The number of amides is 1. The van der Waals surface area contributed by atoms with Crippen LogP contribution in [0.4, 0.5) is 13.2 Å². The van der Waals surface area contributed by atoms with E-state index in [0.29, 0.717) is 22.4 Å². The highest BCUT2D eigenvalue weighted by atomic mass is 19.4. The van der Waals surface area contributed by atoms with Crippen LogP contribution in [0.5, 0.6) is 0 Å². The minimum Gasteiger partial charge on any atom is -0.343 e.